The van der Waals surface area contributed by atoms with Gasteiger partial charge in [-0.3, -0.25) is 0 Å². The Morgan fingerprint density at radius 1 is 1.44 bits per heavy atom. The fourth-order valence-corrected chi connectivity index (χ4v) is 1.54. The predicted octanol–water partition coefficient (Wildman–Crippen LogP) is 3.06. The highest BCUT2D eigenvalue weighted by Crippen LogP contribution is 2.21. The molecule has 0 saturated carbocycles. The van der Waals surface area contributed by atoms with E-state index < -0.39 is 0 Å². The lowest BCUT2D eigenvalue weighted by molar-refractivity contribution is 0.409. The predicted molar refractivity (Wildman–Crippen MR) is 64.2 cm³/mol. The second-order valence-electron chi connectivity index (χ2n) is 3.80. The smallest absolute Gasteiger partial charge is 0.131 e. The monoisotopic (exact) mass is 223 g/mol. The van der Waals surface area contributed by atoms with Gasteiger partial charge in [-0.15, -0.1) is 6.58 Å². The maximum Gasteiger partial charge on any atom is 0.131 e. The molecule has 0 saturated heterocycles. The molecule has 0 aliphatic rings. The van der Waals surface area contributed by atoms with Gasteiger partial charge in [-0.05, 0) is 19.9 Å². The van der Waals surface area contributed by atoms with Crippen molar-refractivity contribution in [1.29, 1.82) is 0 Å². The Morgan fingerprint density at radius 2 is 2.12 bits per heavy atom. The molecule has 3 heteroatoms. The van der Waals surface area contributed by atoms with Gasteiger partial charge in [0.1, 0.15) is 11.6 Å². The normalized spacial score (nSPS) is 14.2. The lowest BCUT2D eigenvalue weighted by Gasteiger charge is -2.18. The maximum absolute atomic E-state index is 13.7. The van der Waals surface area contributed by atoms with Crippen molar-refractivity contribution in [3.8, 4) is 5.75 Å². The third kappa shape index (κ3) is 3.07. The highest BCUT2D eigenvalue weighted by atomic mass is 19.1. The summed E-state index contributed by atoms with van der Waals surface area (Å²) >= 11 is 0. The molecule has 0 aromatic heterocycles. The number of methoxy groups -OCH3 is 1. The summed E-state index contributed by atoms with van der Waals surface area (Å²) in [4.78, 5) is 0. The molecule has 16 heavy (non-hydrogen) atoms. The minimum Gasteiger partial charge on any atom is -0.497 e. The van der Waals surface area contributed by atoms with E-state index in [4.69, 9.17) is 4.74 Å². The molecule has 0 amide bonds. The van der Waals surface area contributed by atoms with Crippen molar-refractivity contribution in [1.82, 2.24) is 5.32 Å². The fraction of sp³-hybridized carbons (Fsp3) is 0.385. The Bertz CT molecular complexity index is 365. The number of ether oxygens (including phenoxy) is 1. The summed E-state index contributed by atoms with van der Waals surface area (Å²) in [5, 5.41) is 3.23. The summed E-state index contributed by atoms with van der Waals surface area (Å²) in [5.41, 5.74) is 0.634. The van der Waals surface area contributed by atoms with E-state index in [1.165, 1.54) is 13.2 Å². The molecule has 2 unspecified atom stereocenters. The largest absolute Gasteiger partial charge is 0.497 e. The summed E-state index contributed by atoms with van der Waals surface area (Å²) in [7, 11) is 1.52. The van der Waals surface area contributed by atoms with Crippen LogP contribution in [0.15, 0.2) is 30.9 Å². The number of rotatable bonds is 5. The number of benzene rings is 1. The van der Waals surface area contributed by atoms with E-state index in [2.05, 4.69) is 11.9 Å². The molecule has 1 aromatic rings. The Balaban J connectivity index is 2.83. The zero-order valence-electron chi connectivity index (χ0n) is 9.96. The van der Waals surface area contributed by atoms with Crippen LogP contribution in [0.4, 0.5) is 4.39 Å². The van der Waals surface area contributed by atoms with Crippen LogP contribution in [0.2, 0.25) is 0 Å². The van der Waals surface area contributed by atoms with Crippen LogP contribution in [0.1, 0.15) is 25.5 Å². The third-order valence-corrected chi connectivity index (χ3v) is 2.54. The standard InChI is InChI=1S/C13H18FNO/c1-5-9(2)15-10(3)12-7-6-11(16-4)8-13(12)14/h5-10,15H,1H2,2-4H3. The van der Waals surface area contributed by atoms with Gasteiger partial charge in [0.25, 0.3) is 0 Å². The van der Waals surface area contributed by atoms with E-state index in [0.717, 1.165) is 0 Å². The molecule has 1 rings (SSSR count). The molecule has 0 bridgehead atoms. The number of nitrogens with one attached hydrogen (secondary N) is 1. The van der Waals surface area contributed by atoms with Crippen molar-refractivity contribution in [2.45, 2.75) is 25.9 Å². The second kappa shape index (κ2) is 5.66. The lowest BCUT2D eigenvalue weighted by atomic mass is 10.1. The molecule has 88 valence electrons. The molecular formula is C13H18FNO. The van der Waals surface area contributed by atoms with Gasteiger partial charge < -0.3 is 10.1 Å². The van der Waals surface area contributed by atoms with Crippen molar-refractivity contribution < 1.29 is 9.13 Å². The molecule has 0 heterocycles. The molecule has 0 aliphatic carbocycles. The first kappa shape index (κ1) is 12.7. The zero-order chi connectivity index (χ0) is 12.1. The quantitative estimate of drug-likeness (QED) is 0.775. The maximum atomic E-state index is 13.7. The van der Waals surface area contributed by atoms with Crippen LogP contribution in [0, 0.1) is 5.82 Å². The topological polar surface area (TPSA) is 21.3 Å². The summed E-state index contributed by atoms with van der Waals surface area (Å²) in [6.45, 7) is 7.58. The average Bonchev–Trinajstić information content (AvgIpc) is 2.28. The molecule has 2 nitrogen and oxygen atoms in total. The summed E-state index contributed by atoms with van der Waals surface area (Å²) < 4.78 is 18.7. The SMILES string of the molecule is C=CC(C)NC(C)c1ccc(OC)cc1F. The number of hydrogen-bond donors (Lipinski definition) is 1. The summed E-state index contributed by atoms with van der Waals surface area (Å²) in [6, 6.07) is 4.98. The highest BCUT2D eigenvalue weighted by molar-refractivity contribution is 5.30. The Labute approximate surface area is 96.1 Å². The fourth-order valence-electron chi connectivity index (χ4n) is 1.54. The summed E-state index contributed by atoms with van der Waals surface area (Å²) in [5.74, 6) is 0.279. The molecule has 1 N–H and O–H groups in total. The van der Waals surface area contributed by atoms with E-state index in [-0.39, 0.29) is 17.9 Å². The van der Waals surface area contributed by atoms with Gasteiger partial charge in [-0.25, -0.2) is 4.39 Å². The first-order valence-corrected chi connectivity index (χ1v) is 5.30. The van der Waals surface area contributed by atoms with Gasteiger partial charge in [0, 0.05) is 23.7 Å². The molecule has 0 spiro atoms. The molecule has 0 fully saturated rings. The van der Waals surface area contributed by atoms with Crippen LogP contribution in [0.25, 0.3) is 0 Å². The molecule has 1 aromatic carbocycles. The average molecular weight is 223 g/mol. The van der Waals surface area contributed by atoms with Crippen molar-refractivity contribution in [3.05, 3.63) is 42.2 Å². The van der Waals surface area contributed by atoms with Crippen molar-refractivity contribution in [2.75, 3.05) is 7.11 Å². The summed E-state index contributed by atoms with van der Waals surface area (Å²) in [6.07, 6.45) is 1.79. The highest BCUT2D eigenvalue weighted by Gasteiger charge is 2.12. The van der Waals surface area contributed by atoms with Gasteiger partial charge >= 0.3 is 0 Å². The Kier molecular flexibility index (Phi) is 4.50. The second-order valence-corrected chi connectivity index (χ2v) is 3.80. The first-order chi connectivity index (χ1) is 7.58. The molecule has 0 radical (unpaired) electrons. The van der Waals surface area contributed by atoms with E-state index in [0.29, 0.717) is 11.3 Å². The van der Waals surface area contributed by atoms with E-state index >= 15 is 0 Å². The van der Waals surface area contributed by atoms with Crippen molar-refractivity contribution in [3.63, 3.8) is 0 Å². The van der Waals surface area contributed by atoms with Crippen LogP contribution in [0.5, 0.6) is 5.75 Å². The van der Waals surface area contributed by atoms with Crippen LogP contribution in [-0.4, -0.2) is 13.2 Å². The van der Waals surface area contributed by atoms with Gasteiger partial charge in [0.15, 0.2) is 0 Å². The van der Waals surface area contributed by atoms with Crippen LogP contribution >= 0.6 is 0 Å². The Morgan fingerprint density at radius 3 is 2.62 bits per heavy atom. The van der Waals surface area contributed by atoms with Crippen molar-refractivity contribution in [2.24, 2.45) is 0 Å². The van der Waals surface area contributed by atoms with Crippen LogP contribution in [-0.2, 0) is 0 Å². The minimum atomic E-state index is -0.254. The zero-order valence-corrected chi connectivity index (χ0v) is 9.96. The van der Waals surface area contributed by atoms with E-state index in [1.54, 1.807) is 18.2 Å². The van der Waals surface area contributed by atoms with E-state index in [1.807, 2.05) is 13.8 Å². The van der Waals surface area contributed by atoms with Gasteiger partial charge in [0.2, 0.25) is 0 Å². The first-order valence-electron chi connectivity index (χ1n) is 5.30. The van der Waals surface area contributed by atoms with Crippen molar-refractivity contribution >= 4 is 0 Å². The molecular weight excluding hydrogens is 205 g/mol. The minimum absolute atomic E-state index is 0.0566. The third-order valence-electron chi connectivity index (χ3n) is 2.54. The van der Waals surface area contributed by atoms with E-state index in [9.17, 15) is 4.39 Å². The number of hydrogen-bond acceptors (Lipinski definition) is 2. The van der Waals surface area contributed by atoms with Gasteiger partial charge in [-0.2, -0.15) is 0 Å². The number of halogens is 1. The lowest BCUT2D eigenvalue weighted by Crippen LogP contribution is -2.27. The Hall–Kier alpha value is -1.35. The van der Waals surface area contributed by atoms with Gasteiger partial charge in [-0.1, -0.05) is 12.1 Å². The van der Waals surface area contributed by atoms with Gasteiger partial charge in [0.05, 0.1) is 7.11 Å². The van der Waals surface area contributed by atoms with Crippen LogP contribution < -0.4 is 10.1 Å². The molecule has 0 aliphatic heterocycles. The molecule has 2 atom stereocenters. The van der Waals surface area contributed by atoms with Crippen LogP contribution in [0.3, 0.4) is 0 Å².